The Morgan fingerprint density at radius 2 is 0.722 bits per heavy atom. The summed E-state index contributed by atoms with van der Waals surface area (Å²) in [6.45, 7) is 13.5. The van der Waals surface area contributed by atoms with Crippen molar-refractivity contribution in [1.82, 2.24) is 74.8 Å². The molecular weight excluding hydrogens is 979 g/mol. The van der Waals surface area contributed by atoms with Crippen LogP contribution in [0.5, 0.6) is 0 Å². The zero-order chi connectivity index (χ0) is 55.7. The maximum atomic E-state index is 4.52. The molecule has 0 unspecified atom stereocenters. The second kappa shape index (κ2) is 32.8. The quantitative estimate of drug-likeness (QED) is 0.158. The van der Waals surface area contributed by atoms with Crippen molar-refractivity contribution in [2.75, 3.05) is 0 Å². The number of aryl methyl sites for hydroxylation is 7. The predicted molar refractivity (Wildman–Crippen MR) is 312 cm³/mol. The fourth-order valence-electron chi connectivity index (χ4n) is 6.67. The highest BCUT2D eigenvalue weighted by molar-refractivity contribution is 5.68. The van der Waals surface area contributed by atoms with Gasteiger partial charge in [0.15, 0.2) is 0 Å². The van der Waals surface area contributed by atoms with Gasteiger partial charge in [-0.25, -0.2) is 59.8 Å². The number of aromatic nitrogens is 15. The number of benzene rings is 4. The Kier molecular flexibility index (Phi) is 24.0. The van der Waals surface area contributed by atoms with E-state index in [1.54, 1.807) is 68.3 Å². The molecule has 0 saturated carbocycles. The lowest BCUT2D eigenvalue weighted by atomic mass is 10.1. The van der Waals surface area contributed by atoms with Crippen molar-refractivity contribution in [2.24, 2.45) is 0 Å². The Morgan fingerprint density at radius 3 is 1.13 bits per heavy atom. The van der Waals surface area contributed by atoms with E-state index in [4.69, 9.17) is 0 Å². The van der Waals surface area contributed by atoms with E-state index in [1.165, 1.54) is 12.7 Å². The highest BCUT2D eigenvalue weighted by Gasteiger charge is 2.06. The SMILES string of the molecule is Cc1cc(-c2ccccc2)ncn1.Cc1cc(-c2ccccn2)ncn1.Cc1ccncn1.Cc1cnc(-c2ccccc2)cn1.Cc1cncnc1.Cc1nc(-c2ccccc2)cc(-c2ccccc2)n1.Cc1ncccn1. The predicted octanol–water partition coefficient (Wildman–Crippen LogP) is 13.2. The van der Waals surface area contributed by atoms with Gasteiger partial charge in [0.25, 0.3) is 0 Å². The summed E-state index contributed by atoms with van der Waals surface area (Å²) >= 11 is 0. The minimum Gasteiger partial charge on any atom is -0.258 e. The molecule has 0 aliphatic carbocycles. The van der Waals surface area contributed by atoms with Crippen molar-refractivity contribution in [1.29, 1.82) is 0 Å². The molecule has 0 saturated heterocycles. The molecule has 0 aliphatic rings. The van der Waals surface area contributed by atoms with Crippen molar-refractivity contribution < 1.29 is 0 Å². The number of hydrogen-bond donors (Lipinski definition) is 0. The Morgan fingerprint density at radius 1 is 0.241 bits per heavy atom. The van der Waals surface area contributed by atoms with E-state index in [-0.39, 0.29) is 0 Å². The average molecular weight is 1040 g/mol. The van der Waals surface area contributed by atoms with E-state index in [2.05, 4.69) is 99.0 Å². The Balaban J connectivity index is 0.000000153. The molecule has 0 amide bonds. The molecule has 15 nitrogen and oxygen atoms in total. The van der Waals surface area contributed by atoms with Crippen molar-refractivity contribution >= 4 is 0 Å². The van der Waals surface area contributed by atoms with Crippen molar-refractivity contribution in [3.63, 3.8) is 0 Å². The van der Waals surface area contributed by atoms with Crippen molar-refractivity contribution in [3.8, 4) is 56.4 Å². The van der Waals surface area contributed by atoms with Crippen LogP contribution in [-0.2, 0) is 0 Å². The average Bonchev–Trinajstić information content (AvgIpc) is 3.51. The van der Waals surface area contributed by atoms with Gasteiger partial charge in [-0.3, -0.25) is 15.0 Å². The smallest absolute Gasteiger partial charge is 0.126 e. The molecule has 79 heavy (non-hydrogen) atoms. The largest absolute Gasteiger partial charge is 0.258 e. The fourth-order valence-corrected chi connectivity index (χ4v) is 6.67. The molecule has 0 bridgehead atoms. The second-order valence-corrected chi connectivity index (χ2v) is 17.1. The van der Waals surface area contributed by atoms with Gasteiger partial charge in [0.05, 0.1) is 46.1 Å². The molecule has 15 heteroatoms. The van der Waals surface area contributed by atoms with Crippen LogP contribution in [0.1, 0.15) is 40.0 Å². The molecule has 0 radical (unpaired) electrons. The van der Waals surface area contributed by atoms with Gasteiger partial charge >= 0.3 is 0 Å². The summed E-state index contributed by atoms with van der Waals surface area (Å²) in [6.07, 6.45) is 20.3. The topological polar surface area (TPSA) is 193 Å². The molecule has 8 heterocycles. The van der Waals surface area contributed by atoms with Crippen LogP contribution in [0, 0.1) is 48.5 Å². The third-order valence-corrected chi connectivity index (χ3v) is 10.5. The molecule has 12 aromatic rings. The summed E-state index contributed by atoms with van der Waals surface area (Å²) in [5.41, 5.74) is 15.1. The van der Waals surface area contributed by atoms with Crippen LogP contribution in [0.25, 0.3) is 56.4 Å². The molecule has 4 aromatic carbocycles. The van der Waals surface area contributed by atoms with Crippen LogP contribution in [0.4, 0.5) is 0 Å². The minimum atomic E-state index is 0.792. The molecular formula is C64H61N15. The lowest BCUT2D eigenvalue weighted by Crippen LogP contribution is -1.94. The first-order chi connectivity index (χ1) is 38.6. The van der Waals surface area contributed by atoms with Gasteiger partial charge in [-0.2, -0.15) is 0 Å². The van der Waals surface area contributed by atoms with E-state index in [0.717, 1.165) is 96.4 Å². The number of pyridine rings is 1. The normalized spacial score (nSPS) is 9.71. The standard InChI is InChI=1S/C17H14N2.2C11H10N2.C10H9N3.3C5H6N2/c1-13-18-16(14-8-4-2-5-9-14)12-17(19-13)15-10-6-3-7-11-15;1-9-7-13-11(8-12-9)10-5-3-2-4-6-10;1-9-7-11(13-8-12-9)10-5-3-2-4-6-10;1-8-6-10(13-7-12-8)9-4-2-3-5-11-9;1-5-2-6-4-7-3-5;1-5-2-3-6-4-7-5;1-5-6-3-2-4-7-5/h2-12H,1H3;2*2-8H,1H3;2-7H,1H3;3*2-4H,1H3. The van der Waals surface area contributed by atoms with Gasteiger partial charge in [-0.05, 0) is 96.5 Å². The number of nitrogens with zero attached hydrogens (tertiary/aromatic N) is 15. The molecule has 8 aromatic heterocycles. The lowest BCUT2D eigenvalue weighted by molar-refractivity contribution is 1.05. The molecule has 0 aliphatic heterocycles. The van der Waals surface area contributed by atoms with Crippen LogP contribution in [0.15, 0.2) is 245 Å². The zero-order valence-electron chi connectivity index (χ0n) is 45.3. The molecule has 0 N–H and O–H groups in total. The summed E-state index contributed by atoms with van der Waals surface area (Å²) in [6, 6.07) is 55.9. The lowest BCUT2D eigenvalue weighted by Gasteiger charge is -2.06. The first-order valence-corrected chi connectivity index (χ1v) is 25.1. The highest BCUT2D eigenvalue weighted by Crippen LogP contribution is 2.23. The summed E-state index contributed by atoms with van der Waals surface area (Å²) in [5.74, 6) is 1.61. The summed E-state index contributed by atoms with van der Waals surface area (Å²) in [5, 5.41) is 0. The first-order valence-electron chi connectivity index (χ1n) is 25.1. The van der Waals surface area contributed by atoms with E-state index >= 15 is 0 Å². The summed E-state index contributed by atoms with van der Waals surface area (Å²) < 4.78 is 0. The van der Waals surface area contributed by atoms with E-state index in [1.807, 2.05) is 188 Å². The van der Waals surface area contributed by atoms with Crippen LogP contribution in [0.2, 0.25) is 0 Å². The van der Waals surface area contributed by atoms with E-state index in [0.29, 0.717) is 0 Å². The Hall–Kier alpha value is -10.4. The summed E-state index contributed by atoms with van der Waals surface area (Å²) in [4.78, 5) is 61.0. The molecule has 0 spiro atoms. The monoisotopic (exact) mass is 1040 g/mol. The van der Waals surface area contributed by atoms with Gasteiger partial charge in [0.1, 0.15) is 37.0 Å². The Bertz CT molecular complexity index is 3310. The van der Waals surface area contributed by atoms with Crippen LogP contribution >= 0.6 is 0 Å². The Labute approximate surface area is 462 Å². The highest BCUT2D eigenvalue weighted by atomic mass is 14.9. The molecule has 12 rings (SSSR count). The van der Waals surface area contributed by atoms with E-state index < -0.39 is 0 Å². The third-order valence-electron chi connectivity index (χ3n) is 10.5. The fraction of sp³-hybridized carbons (Fsp3) is 0.109. The number of hydrogen-bond acceptors (Lipinski definition) is 15. The maximum Gasteiger partial charge on any atom is 0.126 e. The van der Waals surface area contributed by atoms with Crippen LogP contribution in [-0.4, -0.2) is 74.8 Å². The first kappa shape index (κ1) is 57.9. The van der Waals surface area contributed by atoms with Crippen LogP contribution in [0.3, 0.4) is 0 Å². The minimum absolute atomic E-state index is 0.792. The molecule has 0 atom stereocenters. The molecule has 0 fully saturated rings. The number of rotatable bonds is 5. The van der Waals surface area contributed by atoms with E-state index in [9.17, 15) is 0 Å². The summed E-state index contributed by atoms with van der Waals surface area (Å²) in [7, 11) is 0. The van der Waals surface area contributed by atoms with Gasteiger partial charge < -0.3 is 0 Å². The van der Waals surface area contributed by atoms with Crippen molar-refractivity contribution in [3.05, 3.63) is 285 Å². The van der Waals surface area contributed by atoms with Crippen molar-refractivity contribution in [2.45, 2.75) is 48.5 Å². The van der Waals surface area contributed by atoms with Gasteiger partial charge in [0.2, 0.25) is 0 Å². The second-order valence-electron chi connectivity index (χ2n) is 17.1. The van der Waals surface area contributed by atoms with Crippen LogP contribution < -0.4 is 0 Å². The molecule has 392 valence electrons. The zero-order valence-corrected chi connectivity index (χ0v) is 45.3. The maximum absolute atomic E-state index is 4.52. The van der Waals surface area contributed by atoms with Gasteiger partial charge in [-0.1, -0.05) is 127 Å². The third kappa shape index (κ3) is 21.8. The van der Waals surface area contributed by atoms with Gasteiger partial charge in [-0.15, -0.1) is 0 Å². The van der Waals surface area contributed by atoms with Gasteiger partial charge in [0, 0.05) is 82.7 Å².